The van der Waals surface area contributed by atoms with E-state index in [1.165, 1.54) is 24.3 Å². The normalized spacial score (nSPS) is 11.8. The average Bonchev–Trinajstić information content (AvgIpc) is 2.28. The van der Waals surface area contributed by atoms with Crippen molar-refractivity contribution in [1.29, 1.82) is 0 Å². The highest BCUT2D eigenvalue weighted by molar-refractivity contribution is 5.74. The molecule has 0 heterocycles. The molecule has 0 aliphatic carbocycles. The highest BCUT2D eigenvalue weighted by atomic mass is 16.6. The summed E-state index contributed by atoms with van der Waals surface area (Å²) in [6.45, 7) is 1.70. The summed E-state index contributed by atoms with van der Waals surface area (Å²) in [5.41, 5.74) is 0.595. The Morgan fingerprint density at radius 1 is 1.47 bits per heavy atom. The molecule has 17 heavy (non-hydrogen) atoms. The van der Waals surface area contributed by atoms with E-state index in [0.717, 1.165) is 0 Å². The van der Waals surface area contributed by atoms with Crippen molar-refractivity contribution < 1.29 is 19.6 Å². The lowest BCUT2D eigenvalue weighted by molar-refractivity contribution is -0.510. The van der Waals surface area contributed by atoms with E-state index in [9.17, 15) is 14.9 Å². The number of hydrogen-bond donors (Lipinski definition) is 1. The SMILES string of the molecule is CCOC(=O)C(Cc1ccc(O)cc1)[N+](=O)[O-]. The molecule has 1 N–H and O–H groups in total. The number of aromatic hydroxyl groups is 1. The largest absolute Gasteiger partial charge is 0.508 e. The second-order valence-corrected chi connectivity index (χ2v) is 3.42. The van der Waals surface area contributed by atoms with Gasteiger partial charge in [-0.25, -0.2) is 4.79 Å². The Morgan fingerprint density at radius 2 is 2.06 bits per heavy atom. The van der Waals surface area contributed by atoms with E-state index in [4.69, 9.17) is 5.11 Å². The molecule has 1 rings (SSSR count). The monoisotopic (exact) mass is 239 g/mol. The predicted octanol–water partition coefficient (Wildman–Crippen LogP) is 1.14. The van der Waals surface area contributed by atoms with Crippen LogP contribution in [-0.4, -0.2) is 28.6 Å². The molecule has 0 saturated carbocycles. The number of carbonyl (C=O) groups excluding carboxylic acids is 1. The van der Waals surface area contributed by atoms with Crippen LogP contribution in [0.5, 0.6) is 5.75 Å². The summed E-state index contributed by atoms with van der Waals surface area (Å²) >= 11 is 0. The van der Waals surface area contributed by atoms with Gasteiger partial charge in [0.1, 0.15) is 5.75 Å². The third-order valence-corrected chi connectivity index (χ3v) is 2.18. The zero-order valence-electron chi connectivity index (χ0n) is 9.33. The van der Waals surface area contributed by atoms with Crippen molar-refractivity contribution in [3.8, 4) is 5.75 Å². The first-order valence-corrected chi connectivity index (χ1v) is 5.12. The number of nitro groups is 1. The molecule has 0 aliphatic heterocycles. The van der Waals surface area contributed by atoms with Gasteiger partial charge in [-0.2, -0.15) is 0 Å². The molecule has 0 aliphatic rings. The number of phenols is 1. The standard InChI is InChI=1S/C11H13NO5/c1-2-17-11(14)10(12(15)16)7-8-3-5-9(13)6-4-8/h3-6,10,13H,2,7H2,1H3. The molecule has 0 fully saturated rings. The quantitative estimate of drug-likeness (QED) is 0.472. The van der Waals surface area contributed by atoms with Gasteiger partial charge in [-0.15, -0.1) is 0 Å². The maximum atomic E-state index is 11.3. The number of benzene rings is 1. The lowest BCUT2D eigenvalue weighted by atomic mass is 10.1. The number of nitrogens with zero attached hydrogens (tertiary/aromatic N) is 1. The summed E-state index contributed by atoms with van der Waals surface area (Å²) in [6.07, 6.45) is -0.0495. The Kier molecular flexibility index (Phi) is 4.45. The Labute approximate surface area is 98.0 Å². The van der Waals surface area contributed by atoms with Crippen LogP contribution in [0.4, 0.5) is 0 Å². The van der Waals surface area contributed by atoms with Crippen molar-refractivity contribution in [3.05, 3.63) is 39.9 Å². The minimum absolute atomic E-state index is 0.0495. The van der Waals surface area contributed by atoms with Crippen LogP contribution in [0.25, 0.3) is 0 Å². The van der Waals surface area contributed by atoms with Crippen molar-refractivity contribution in [2.24, 2.45) is 0 Å². The Hall–Kier alpha value is -2.11. The summed E-state index contributed by atoms with van der Waals surface area (Å²) in [5.74, 6) is -0.770. The molecule has 0 spiro atoms. The Morgan fingerprint density at radius 3 is 2.53 bits per heavy atom. The first-order chi connectivity index (χ1) is 8.04. The van der Waals surface area contributed by atoms with E-state index in [0.29, 0.717) is 5.56 Å². The van der Waals surface area contributed by atoms with Gasteiger partial charge in [0.25, 0.3) is 0 Å². The number of carbonyl (C=O) groups is 1. The Bertz CT molecular complexity index is 401. The molecular formula is C11H13NO5. The molecule has 6 nitrogen and oxygen atoms in total. The zero-order valence-corrected chi connectivity index (χ0v) is 9.33. The lowest BCUT2D eigenvalue weighted by Crippen LogP contribution is -2.33. The van der Waals surface area contributed by atoms with Crippen LogP contribution < -0.4 is 0 Å². The summed E-state index contributed by atoms with van der Waals surface area (Å²) in [4.78, 5) is 21.4. The first kappa shape index (κ1) is 13.0. The summed E-state index contributed by atoms with van der Waals surface area (Å²) < 4.78 is 4.63. The van der Waals surface area contributed by atoms with Crippen LogP contribution in [0.3, 0.4) is 0 Å². The summed E-state index contributed by atoms with van der Waals surface area (Å²) in [7, 11) is 0. The van der Waals surface area contributed by atoms with Gasteiger partial charge in [-0.3, -0.25) is 10.1 Å². The molecule has 0 aromatic heterocycles. The molecule has 0 bridgehead atoms. The lowest BCUT2D eigenvalue weighted by Gasteiger charge is -2.08. The number of ether oxygens (including phenoxy) is 1. The zero-order chi connectivity index (χ0) is 12.8. The number of esters is 1. The Balaban J connectivity index is 2.76. The maximum absolute atomic E-state index is 11.3. The van der Waals surface area contributed by atoms with Gasteiger partial charge in [-0.1, -0.05) is 12.1 Å². The van der Waals surface area contributed by atoms with Crippen molar-refractivity contribution in [2.45, 2.75) is 19.4 Å². The van der Waals surface area contributed by atoms with Crippen LogP contribution in [0.1, 0.15) is 12.5 Å². The fourth-order valence-electron chi connectivity index (χ4n) is 1.34. The molecule has 0 amide bonds. The highest BCUT2D eigenvalue weighted by Crippen LogP contribution is 2.12. The fraction of sp³-hybridized carbons (Fsp3) is 0.364. The van der Waals surface area contributed by atoms with E-state index >= 15 is 0 Å². The summed E-state index contributed by atoms with van der Waals surface area (Å²) in [6, 6.07) is 4.49. The average molecular weight is 239 g/mol. The van der Waals surface area contributed by atoms with Gasteiger partial charge in [0.2, 0.25) is 0 Å². The van der Waals surface area contributed by atoms with Gasteiger partial charge in [0.15, 0.2) is 0 Å². The van der Waals surface area contributed by atoms with Crippen LogP contribution in [0.2, 0.25) is 0 Å². The second kappa shape index (κ2) is 5.83. The third kappa shape index (κ3) is 3.75. The molecule has 0 saturated heterocycles. The minimum Gasteiger partial charge on any atom is -0.508 e. The topological polar surface area (TPSA) is 89.7 Å². The third-order valence-electron chi connectivity index (χ3n) is 2.18. The number of phenolic OH excluding ortho intramolecular Hbond substituents is 1. The van der Waals surface area contributed by atoms with E-state index in [2.05, 4.69) is 4.74 Å². The van der Waals surface area contributed by atoms with Gasteiger partial charge in [0.05, 0.1) is 13.0 Å². The molecule has 92 valence electrons. The van der Waals surface area contributed by atoms with Gasteiger partial charge < -0.3 is 9.84 Å². The highest BCUT2D eigenvalue weighted by Gasteiger charge is 2.31. The molecule has 1 aromatic carbocycles. The number of rotatable bonds is 5. The van der Waals surface area contributed by atoms with Crippen LogP contribution in [-0.2, 0) is 16.0 Å². The fourth-order valence-corrected chi connectivity index (χ4v) is 1.34. The maximum Gasteiger partial charge on any atom is 0.382 e. The first-order valence-electron chi connectivity index (χ1n) is 5.12. The van der Waals surface area contributed by atoms with E-state index < -0.39 is 16.9 Å². The summed E-state index contributed by atoms with van der Waals surface area (Å²) in [5, 5.41) is 19.8. The molecule has 0 radical (unpaired) electrons. The minimum atomic E-state index is -1.40. The molecule has 1 unspecified atom stereocenters. The van der Waals surface area contributed by atoms with E-state index in [-0.39, 0.29) is 18.8 Å². The van der Waals surface area contributed by atoms with Crippen LogP contribution in [0.15, 0.2) is 24.3 Å². The van der Waals surface area contributed by atoms with Gasteiger partial charge in [0, 0.05) is 4.92 Å². The van der Waals surface area contributed by atoms with E-state index in [1.807, 2.05) is 0 Å². The second-order valence-electron chi connectivity index (χ2n) is 3.42. The van der Waals surface area contributed by atoms with Crippen molar-refractivity contribution in [1.82, 2.24) is 0 Å². The van der Waals surface area contributed by atoms with Crippen molar-refractivity contribution in [2.75, 3.05) is 6.61 Å². The molecule has 1 atom stereocenters. The van der Waals surface area contributed by atoms with Crippen LogP contribution >= 0.6 is 0 Å². The smallest absolute Gasteiger partial charge is 0.382 e. The van der Waals surface area contributed by atoms with Gasteiger partial charge in [-0.05, 0) is 24.6 Å². The number of hydrogen-bond acceptors (Lipinski definition) is 5. The van der Waals surface area contributed by atoms with Gasteiger partial charge >= 0.3 is 12.0 Å². The van der Waals surface area contributed by atoms with E-state index in [1.54, 1.807) is 6.92 Å². The molecule has 1 aromatic rings. The van der Waals surface area contributed by atoms with Crippen LogP contribution in [0, 0.1) is 10.1 Å². The molecular weight excluding hydrogens is 226 g/mol. The van der Waals surface area contributed by atoms with Crippen molar-refractivity contribution >= 4 is 5.97 Å². The van der Waals surface area contributed by atoms with Crippen molar-refractivity contribution in [3.63, 3.8) is 0 Å². The predicted molar refractivity (Wildman–Crippen MR) is 59.2 cm³/mol. The molecule has 6 heteroatoms.